The zero-order valence-electron chi connectivity index (χ0n) is 9.18. The van der Waals surface area contributed by atoms with Gasteiger partial charge in [-0.3, -0.25) is 9.59 Å². The molecule has 0 aliphatic rings. The van der Waals surface area contributed by atoms with Crippen LogP contribution >= 0.6 is 0 Å². The van der Waals surface area contributed by atoms with Crippen LogP contribution in [0.5, 0.6) is 0 Å². The van der Waals surface area contributed by atoms with Crippen LogP contribution in [0.3, 0.4) is 0 Å². The average molecular weight is 240 g/mol. The van der Waals surface area contributed by atoms with Crippen molar-refractivity contribution in [1.29, 1.82) is 5.26 Å². The molecule has 0 aliphatic carbocycles. The topological polar surface area (TPSA) is 98.6 Å². The highest BCUT2D eigenvalue weighted by atomic mass is 16.2. The third-order valence-electron chi connectivity index (χ3n) is 2.20. The molecule has 1 aromatic carbocycles. The van der Waals surface area contributed by atoms with E-state index in [1.54, 1.807) is 24.3 Å². The maximum absolute atomic E-state index is 11.8. The minimum atomic E-state index is -0.362. The average Bonchev–Trinajstić information content (AvgIpc) is 2.41. The Bertz CT molecular complexity index is 647. The summed E-state index contributed by atoms with van der Waals surface area (Å²) in [5.74, 6) is -0.108. The fourth-order valence-corrected chi connectivity index (χ4v) is 1.30. The molecule has 6 nitrogen and oxygen atoms in total. The number of rotatable bonds is 2. The van der Waals surface area contributed by atoms with Crippen LogP contribution in [0.1, 0.15) is 15.9 Å². The largest absolute Gasteiger partial charge is 0.305 e. The van der Waals surface area contributed by atoms with Gasteiger partial charge in [-0.1, -0.05) is 0 Å². The predicted octanol–water partition coefficient (Wildman–Crippen LogP) is 0.894. The Morgan fingerprint density at radius 2 is 1.94 bits per heavy atom. The molecule has 0 saturated heterocycles. The van der Waals surface area contributed by atoms with Gasteiger partial charge in [-0.15, -0.1) is 0 Å². The second kappa shape index (κ2) is 4.93. The number of aromatic amines is 1. The molecule has 0 unspecified atom stereocenters. The van der Waals surface area contributed by atoms with Crippen molar-refractivity contribution in [2.75, 3.05) is 5.32 Å². The lowest BCUT2D eigenvalue weighted by molar-refractivity contribution is 0.102. The molecule has 2 N–H and O–H groups in total. The van der Waals surface area contributed by atoms with Crippen LogP contribution in [0.2, 0.25) is 0 Å². The Morgan fingerprint density at radius 3 is 2.50 bits per heavy atom. The van der Waals surface area contributed by atoms with Crippen LogP contribution in [0.25, 0.3) is 0 Å². The van der Waals surface area contributed by atoms with Crippen LogP contribution in [0.15, 0.2) is 41.2 Å². The molecule has 6 heteroatoms. The Balaban J connectivity index is 2.14. The fraction of sp³-hybridized carbons (Fsp3) is 0. The van der Waals surface area contributed by atoms with E-state index in [-0.39, 0.29) is 17.3 Å². The van der Waals surface area contributed by atoms with E-state index in [4.69, 9.17) is 5.26 Å². The Kier molecular flexibility index (Phi) is 3.16. The number of nitrogens with zero attached hydrogens (tertiary/aromatic N) is 2. The molecule has 1 heterocycles. The molecule has 0 aliphatic heterocycles. The number of nitrogens with one attached hydrogen (secondary N) is 2. The van der Waals surface area contributed by atoms with Crippen LogP contribution in [0.4, 0.5) is 5.82 Å². The summed E-state index contributed by atoms with van der Waals surface area (Å²) < 4.78 is 0. The summed E-state index contributed by atoms with van der Waals surface area (Å²) in [4.78, 5) is 22.6. The van der Waals surface area contributed by atoms with Gasteiger partial charge in [0, 0.05) is 11.6 Å². The van der Waals surface area contributed by atoms with Crippen molar-refractivity contribution in [3.63, 3.8) is 0 Å². The minimum Gasteiger partial charge on any atom is -0.305 e. The molecule has 0 bridgehead atoms. The maximum atomic E-state index is 11.8. The van der Waals surface area contributed by atoms with E-state index in [0.717, 1.165) is 0 Å². The molecule has 88 valence electrons. The third-order valence-corrected chi connectivity index (χ3v) is 2.20. The molecule has 1 amide bonds. The first-order chi connectivity index (χ1) is 8.69. The van der Waals surface area contributed by atoms with Crippen LogP contribution < -0.4 is 10.9 Å². The smallest absolute Gasteiger partial charge is 0.264 e. The normalized spacial score (nSPS) is 9.50. The van der Waals surface area contributed by atoms with Crippen molar-refractivity contribution in [2.45, 2.75) is 0 Å². The Morgan fingerprint density at radius 1 is 1.22 bits per heavy atom. The summed E-state index contributed by atoms with van der Waals surface area (Å²) in [6.07, 6.45) is 0. The zero-order chi connectivity index (χ0) is 13.0. The summed E-state index contributed by atoms with van der Waals surface area (Å²) in [5, 5.41) is 17.0. The molecule has 0 saturated carbocycles. The van der Waals surface area contributed by atoms with Crippen molar-refractivity contribution in [3.8, 4) is 6.07 Å². The highest BCUT2D eigenvalue weighted by Crippen LogP contribution is 2.06. The van der Waals surface area contributed by atoms with E-state index in [1.165, 1.54) is 12.1 Å². The van der Waals surface area contributed by atoms with Gasteiger partial charge in [-0.05, 0) is 30.3 Å². The van der Waals surface area contributed by atoms with Gasteiger partial charge in [0.15, 0.2) is 5.82 Å². The third kappa shape index (κ3) is 2.59. The zero-order valence-corrected chi connectivity index (χ0v) is 9.18. The standard InChI is InChI=1S/C12H8N4O2/c13-7-8-1-3-9(4-2-8)12(18)14-10-5-6-11(17)16-15-10/h1-6H,(H,16,17)(H,14,15,18). The van der Waals surface area contributed by atoms with Gasteiger partial charge < -0.3 is 5.32 Å². The monoisotopic (exact) mass is 240 g/mol. The Labute approximate surface area is 102 Å². The van der Waals surface area contributed by atoms with Crippen molar-refractivity contribution in [3.05, 3.63) is 57.9 Å². The highest BCUT2D eigenvalue weighted by molar-refractivity contribution is 6.03. The maximum Gasteiger partial charge on any atom is 0.264 e. The number of amides is 1. The number of aromatic nitrogens is 2. The van der Waals surface area contributed by atoms with Gasteiger partial charge >= 0.3 is 0 Å². The first-order valence-electron chi connectivity index (χ1n) is 5.06. The number of hydrogen-bond acceptors (Lipinski definition) is 4. The number of benzene rings is 1. The highest BCUT2D eigenvalue weighted by Gasteiger charge is 2.06. The summed E-state index contributed by atoms with van der Waals surface area (Å²) in [7, 11) is 0. The van der Waals surface area contributed by atoms with E-state index in [0.29, 0.717) is 11.1 Å². The number of carbonyl (C=O) groups excluding carboxylic acids is 1. The van der Waals surface area contributed by atoms with Gasteiger partial charge in [0.2, 0.25) is 0 Å². The number of hydrogen-bond donors (Lipinski definition) is 2. The molecular weight excluding hydrogens is 232 g/mol. The number of nitriles is 1. The molecule has 0 spiro atoms. The van der Waals surface area contributed by atoms with E-state index in [1.807, 2.05) is 6.07 Å². The van der Waals surface area contributed by atoms with E-state index in [9.17, 15) is 9.59 Å². The van der Waals surface area contributed by atoms with Crippen molar-refractivity contribution < 1.29 is 4.79 Å². The molecular formula is C12H8N4O2. The second-order valence-electron chi connectivity index (χ2n) is 3.45. The summed E-state index contributed by atoms with van der Waals surface area (Å²) in [6.45, 7) is 0. The van der Waals surface area contributed by atoms with Crippen molar-refractivity contribution >= 4 is 11.7 Å². The summed E-state index contributed by atoms with van der Waals surface area (Å²) in [5.41, 5.74) is 0.544. The second-order valence-corrected chi connectivity index (χ2v) is 3.45. The fourth-order valence-electron chi connectivity index (χ4n) is 1.30. The van der Waals surface area contributed by atoms with E-state index in [2.05, 4.69) is 15.5 Å². The summed E-state index contributed by atoms with van der Waals surface area (Å²) in [6, 6.07) is 10.8. The first-order valence-corrected chi connectivity index (χ1v) is 5.06. The molecule has 0 radical (unpaired) electrons. The van der Waals surface area contributed by atoms with Gasteiger partial charge in [0.1, 0.15) is 0 Å². The van der Waals surface area contributed by atoms with Crippen molar-refractivity contribution in [1.82, 2.24) is 10.2 Å². The minimum absolute atomic E-state index is 0.254. The van der Waals surface area contributed by atoms with Crippen LogP contribution in [-0.2, 0) is 0 Å². The Hall–Kier alpha value is -2.94. The van der Waals surface area contributed by atoms with Gasteiger partial charge in [-0.25, -0.2) is 5.10 Å². The lowest BCUT2D eigenvalue weighted by atomic mass is 10.1. The lowest BCUT2D eigenvalue weighted by Gasteiger charge is -2.03. The van der Waals surface area contributed by atoms with Gasteiger partial charge in [0.05, 0.1) is 11.6 Å². The van der Waals surface area contributed by atoms with Gasteiger partial charge in [0.25, 0.3) is 11.5 Å². The lowest BCUT2D eigenvalue weighted by Crippen LogP contribution is -2.15. The number of carbonyl (C=O) groups is 1. The van der Waals surface area contributed by atoms with Crippen LogP contribution in [-0.4, -0.2) is 16.1 Å². The van der Waals surface area contributed by atoms with Crippen molar-refractivity contribution in [2.24, 2.45) is 0 Å². The molecule has 18 heavy (non-hydrogen) atoms. The van der Waals surface area contributed by atoms with E-state index < -0.39 is 0 Å². The SMILES string of the molecule is N#Cc1ccc(C(=O)Nc2ccc(=O)[nH]n2)cc1. The number of H-pyrrole nitrogens is 1. The summed E-state index contributed by atoms with van der Waals surface area (Å²) >= 11 is 0. The quantitative estimate of drug-likeness (QED) is 0.814. The number of anilines is 1. The molecule has 2 aromatic rings. The first kappa shape index (κ1) is 11.5. The molecule has 2 rings (SSSR count). The molecule has 0 atom stereocenters. The van der Waals surface area contributed by atoms with Crippen LogP contribution in [0, 0.1) is 11.3 Å². The predicted molar refractivity (Wildman–Crippen MR) is 64.0 cm³/mol. The van der Waals surface area contributed by atoms with E-state index >= 15 is 0 Å². The molecule has 1 aromatic heterocycles. The van der Waals surface area contributed by atoms with Gasteiger partial charge in [-0.2, -0.15) is 10.4 Å². The molecule has 0 fully saturated rings.